The second kappa shape index (κ2) is 6.14. The van der Waals surface area contributed by atoms with Gasteiger partial charge in [-0.15, -0.1) is 11.3 Å². The number of aryl methyl sites for hydroxylation is 1. The van der Waals surface area contributed by atoms with E-state index in [1.807, 2.05) is 0 Å². The first-order valence-corrected chi connectivity index (χ1v) is 8.40. The van der Waals surface area contributed by atoms with Gasteiger partial charge < -0.3 is 5.32 Å². The lowest BCUT2D eigenvalue weighted by Gasteiger charge is -2.21. The molecule has 0 aliphatic heterocycles. The molecular formula is C17H25N3S. The quantitative estimate of drug-likeness (QED) is 0.869. The maximum Gasteiger partial charge on any atom is 0.136 e. The van der Waals surface area contributed by atoms with Crippen LogP contribution in [-0.4, -0.2) is 16.5 Å². The summed E-state index contributed by atoms with van der Waals surface area (Å²) in [4.78, 5) is 10.9. The summed E-state index contributed by atoms with van der Waals surface area (Å²) in [6.07, 6.45) is 1.08. The lowest BCUT2D eigenvalue weighted by molar-refractivity contribution is 0.546. The second-order valence-corrected chi connectivity index (χ2v) is 7.56. The van der Waals surface area contributed by atoms with E-state index in [0.29, 0.717) is 0 Å². The molecule has 0 radical (unpaired) electrons. The van der Waals surface area contributed by atoms with E-state index >= 15 is 0 Å². The fraction of sp³-hybridized carbons (Fsp3) is 0.529. The Labute approximate surface area is 131 Å². The molecule has 1 N–H and O–H groups in total. The molecule has 114 valence electrons. The fourth-order valence-electron chi connectivity index (χ4n) is 2.16. The average molecular weight is 303 g/mol. The van der Waals surface area contributed by atoms with Gasteiger partial charge in [0.25, 0.3) is 0 Å². The van der Waals surface area contributed by atoms with Crippen molar-refractivity contribution < 1.29 is 0 Å². The highest BCUT2D eigenvalue weighted by Crippen LogP contribution is 2.33. The molecule has 0 unspecified atom stereocenters. The van der Waals surface area contributed by atoms with Crippen LogP contribution in [0.4, 0.5) is 5.82 Å². The van der Waals surface area contributed by atoms with E-state index in [4.69, 9.17) is 9.97 Å². The highest BCUT2D eigenvalue weighted by Gasteiger charge is 2.22. The maximum atomic E-state index is 4.87. The van der Waals surface area contributed by atoms with E-state index in [0.717, 1.165) is 35.9 Å². The monoisotopic (exact) mass is 303 g/mol. The molecule has 0 aromatic carbocycles. The standard InChI is InChI=1S/C17H25N3S/c1-7-9-18-15-11(2)14(13-8-10-21-12(13)3)19-16(20-15)17(4,5)6/h8,10H,7,9H2,1-6H3,(H,18,19,20). The Morgan fingerprint density at radius 2 is 1.90 bits per heavy atom. The molecule has 0 bridgehead atoms. The van der Waals surface area contributed by atoms with Crippen LogP contribution in [0.2, 0.25) is 0 Å². The SMILES string of the molecule is CCCNc1nc(C(C)(C)C)nc(-c2ccsc2C)c1C. The van der Waals surface area contributed by atoms with Crippen molar-refractivity contribution in [1.82, 2.24) is 9.97 Å². The second-order valence-electron chi connectivity index (χ2n) is 6.44. The molecule has 0 atom stereocenters. The van der Waals surface area contributed by atoms with Crippen LogP contribution >= 0.6 is 11.3 Å². The van der Waals surface area contributed by atoms with Gasteiger partial charge in [0.1, 0.15) is 11.6 Å². The van der Waals surface area contributed by atoms with E-state index in [2.05, 4.69) is 58.3 Å². The van der Waals surface area contributed by atoms with Crippen LogP contribution in [0.25, 0.3) is 11.3 Å². The number of nitrogens with one attached hydrogen (secondary N) is 1. The summed E-state index contributed by atoms with van der Waals surface area (Å²) in [7, 11) is 0. The summed E-state index contributed by atoms with van der Waals surface area (Å²) in [5.74, 6) is 1.87. The predicted molar refractivity (Wildman–Crippen MR) is 92.3 cm³/mol. The van der Waals surface area contributed by atoms with Crippen molar-refractivity contribution in [3.8, 4) is 11.3 Å². The Bertz CT molecular complexity index is 623. The number of hydrogen-bond acceptors (Lipinski definition) is 4. The van der Waals surface area contributed by atoms with Crippen LogP contribution in [0.1, 0.15) is 50.4 Å². The van der Waals surface area contributed by atoms with Crippen LogP contribution in [-0.2, 0) is 5.41 Å². The van der Waals surface area contributed by atoms with Gasteiger partial charge in [0.15, 0.2) is 0 Å². The summed E-state index contributed by atoms with van der Waals surface area (Å²) in [5.41, 5.74) is 3.37. The first-order chi connectivity index (χ1) is 9.84. The summed E-state index contributed by atoms with van der Waals surface area (Å²) < 4.78 is 0. The Morgan fingerprint density at radius 1 is 1.19 bits per heavy atom. The number of rotatable bonds is 4. The molecule has 0 spiro atoms. The van der Waals surface area contributed by atoms with Gasteiger partial charge in [-0.3, -0.25) is 0 Å². The number of thiophene rings is 1. The highest BCUT2D eigenvalue weighted by molar-refractivity contribution is 7.10. The van der Waals surface area contributed by atoms with Crippen molar-refractivity contribution in [2.24, 2.45) is 0 Å². The van der Waals surface area contributed by atoms with Crippen LogP contribution < -0.4 is 5.32 Å². The van der Waals surface area contributed by atoms with Crippen molar-refractivity contribution in [2.75, 3.05) is 11.9 Å². The Balaban J connectivity index is 2.60. The third kappa shape index (κ3) is 3.43. The minimum atomic E-state index is -0.0605. The third-order valence-corrected chi connectivity index (χ3v) is 4.32. The molecule has 2 rings (SSSR count). The smallest absolute Gasteiger partial charge is 0.136 e. The molecule has 0 amide bonds. The number of aromatic nitrogens is 2. The zero-order chi connectivity index (χ0) is 15.6. The minimum Gasteiger partial charge on any atom is -0.370 e. The van der Waals surface area contributed by atoms with E-state index in [-0.39, 0.29) is 5.41 Å². The zero-order valence-electron chi connectivity index (χ0n) is 13.9. The van der Waals surface area contributed by atoms with Crippen LogP contribution in [0, 0.1) is 13.8 Å². The van der Waals surface area contributed by atoms with Gasteiger partial charge in [0, 0.05) is 28.0 Å². The predicted octanol–water partition coefficient (Wildman–Crippen LogP) is 4.94. The summed E-state index contributed by atoms with van der Waals surface area (Å²) in [6.45, 7) is 13.8. The first-order valence-electron chi connectivity index (χ1n) is 7.52. The molecule has 0 aliphatic rings. The van der Waals surface area contributed by atoms with E-state index in [9.17, 15) is 0 Å². The normalized spacial score (nSPS) is 11.7. The Kier molecular flexibility index (Phi) is 4.67. The lowest BCUT2D eigenvalue weighted by Crippen LogP contribution is -2.19. The molecule has 21 heavy (non-hydrogen) atoms. The Morgan fingerprint density at radius 3 is 2.43 bits per heavy atom. The molecule has 4 heteroatoms. The largest absolute Gasteiger partial charge is 0.370 e. The molecule has 0 aliphatic carbocycles. The molecular weight excluding hydrogens is 278 g/mol. The van der Waals surface area contributed by atoms with Crippen molar-refractivity contribution in [1.29, 1.82) is 0 Å². The van der Waals surface area contributed by atoms with Gasteiger partial charge in [0.05, 0.1) is 5.69 Å². The van der Waals surface area contributed by atoms with Crippen molar-refractivity contribution >= 4 is 17.2 Å². The number of hydrogen-bond donors (Lipinski definition) is 1. The first kappa shape index (κ1) is 16.0. The highest BCUT2D eigenvalue weighted by atomic mass is 32.1. The molecule has 0 fully saturated rings. The van der Waals surface area contributed by atoms with Crippen molar-refractivity contribution in [2.45, 2.75) is 53.4 Å². The van der Waals surface area contributed by atoms with Gasteiger partial charge in [-0.2, -0.15) is 0 Å². The fourth-order valence-corrected chi connectivity index (χ4v) is 2.86. The summed E-state index contributed by atoms with van der Waals surface area (Å²) in [5, 5.41) is 5.58. The number of nitrogens with zero attached hydrogens (tertiary/aromatic N) is 2. The maximum absolute atomic E-state index is 4.87. The lowest BCUT2D eigenvalue weighted by atomic mass is 9.95. The van der Waals surface area contributed by atoms with Gasteiger partial charge in [-0.05, 0) is 31.7 Å². The third-order valence-electron chi connectivity index (χ3n) is 3.47. The minimum absolute atomic E-state index is 0.0605. The molecule has 2 aromatic rings. The van der Waals surface area contributed by atoms with Crippen LogP contribution in [0.15, 0.2) is 11.4 Å². The molecule has 0 saturated carbocycles. The number of anilines is 1. The zero-order valence-corrected chi connectivity index (χ0v) is 14.7. The topological polar surface area (TPSA) is 37.8 Å². The summed E-state index contributed by atoms with van der Waals surface area (Å²) >= 11 is 1.76. The van der Waals surface area contributed by atoms with E-state index < -0.39 is 0 Å². The van der Waals surface area contributed by atoms with Gasteiger partial charge >= 0.3 is 0 Å². The van der Waals surface area contributed by atoms with Crippen LogP contribution in [0.3, 0.4) is 0 Å². The molecule has 3 nitrogen and oxygen atoms in total. The van der Waals surface area contributed by atoms with E-state index in [1.165, 1.54) is 10.4 Å². The van der Waals surface area contributed by atoms with E-state index in [1.54, 1.807) is 11.3 Å². The van der Waals surface area contributed by atoms with Crippen molar-refractivity contribution in [3.05, 3.63) is 27.7 Å². The van der Waals surface area contributed by atoms with Gasteiger partial charge in [-0.25, -0.2) is 9.97 Å². The van der Waals surface area contributed by atoms with Gasteiger partial charge in [0.2, 0.25) is 0 Å². The molecule has 2 heterocycles. The molecule has 2 aromatic heterocycles. The van der Waals surface area contributed by atoms with Crippen LogP contribution in [0.5, 0.6) is 0 Å². The molecule has 0 saturated heterocycles. The summed E-state index contributed by atoms with van der Waals surface area (Å²) in [6, 6.07) is 2.16. The van der Waals surface area contributed by atoms with Crippen molar-refractivity contribution in [3.63, 3.8) is 0 Å². The van der Waals surface area contributed by atoms with Gasteiger partial charge in [-0.1, -0.05) is 27.7 Å². The Hall–Kier alpha value is -1.42. The average Bonchev–Trinajstić information content (AvgIpc) is 2.82.